The van der Waals surface area contributed by atoms with Crippen molar-refractivity contribution in [2.45, 2.75) is 97.4 Å². The van der Waals surface area contributed by atoms with Gasteiger partial charge in [0.1, 0.15) is 5.75 Å². The second-order valence-corrected chi connectivity index (χ2v) is 11.4. The molecule has 3 rings (SSSR count). The first kappa shape index (κ1) is 34.1. The van der Waals surface area contributed by atoms with Gasteiger partial charge in [-0.05, 0) is 30.7 Å². The molecule has 40 heavy (non-hydrogen) atoms. The molecule has 1 heterocycles. The number of urea groups is 1. The van der Waals surface area contributed by atoms with Crippen molar-refractivity contribution in [2.75, 3.05) is 17.2 Å². The summed E-state index contributed by atoms with van der Waals surface area (Å²) in [4.78, 5) is 12.6. The maximum Gasteiger partial charge on any atom is 0.323 e. The van der Waals surface area contributed by atoms with Crippen molar-refractivity contribution in [1.29, 1.82) is 0 Å². The molecule has 8 heteroatoms. The Morgan fingerprint density at radius 1 is 0.875 bits per heavy atom. The second-order valence-electron chi connectivity index (χ2n) is 10.3. The number of hydrogen-bond donors (Lipinski definition) is 2. The molecule has 2 N–H and O–H groups in total. The third-order valence-electron chi connectivity index (χ3n) is 6.86. The Balaban J connectivity index is 0.00000560. The van der Waals surface area contributed by atoms with E-state index in [9.17, 15) is 4.79 Å². The van der Waals surface area contributed by atoms with E-state index in [1.807, 2.05) is 18.2 Å². The molecule has 2 aromatic carbocycles. The molecule has 2 amide bonds. The van der Waals surface area contributed by atoms with Gasteiger partial charge in [0.2, 0.25) is 5.51 Å². The van der Waals surface area contributed by atoms with Gasteiger partial charge in [0, 0.05) is 29.9 Å². The van der Waals surface area contributed by atoms with Crippen molar-refractivity contribution in [2.24, 2.45) is 0 Å². The van der Waals surface area contributed by atoms with E-state index in [0.717, 1.165) is 30.6 Å². The number of aromatic nitrogens is 1. The van der Waals surface area contributed by atoms with Crippen molar-refractivity contribution in [3.8, 4) is 5.75 Å². The van der Waals surface area contributed by atoms with E-state index in [1.54, 1.807) is 29.5 Å². The molecule has 0 atom stereocenters. The Bertz CT molecular complexity index is 1140. The average Bonchev–Trinajstić information content (AvgIpc) is 3.32. The fourth-order valence-electron chi connectivity index (χ4n) is 4.57. The van der Waals surface area contributed by atoms with E-state index < -0.39 is 0 Å². The number of halogens is 2. The van der Waals surface area contributed by atoms with E-state index in [1.165, 1.54) is 69.9 Å². The average molecular weight is 651 g/mol. The molecule has 0 aliphatic heterocycles. The Labute approximate surface area is 260 Å². The van der Waals surface area contributed by atoms with E-state index in [-0.39, 0.29) is 23.0 Å². The minimum absolute atomic E-state index is 0. The summed E-state index contributed by atoms with van der Waals surface area (Å²) in [5.74, 6) is 0.600. The number of carbonyl (C=O) groups excluding carboxylic acids is 1. The molecule has 0 aliphatic rings. The molecule has 0 bridgehead atoms. The largest absolute Gasteiger partial charge is 1.00 e. The lowest BCUT2D eigenvalue weighted by Crippen LogP contribution is -3.00. The molecule has 0 fully saturated rings. The van der Waals surface area contributed by atoms with Crippen LogP contribution >= 0.6 is 22.9 Å². The molecule has 0 radical (unpaired) electrons. The topological polar surface area (TPSA) is 54.2 Å². The highest BCUT2D eigenvalue weighted by molar-refractivity contribution is 7.07. The van der Waals surface area contributed by atoms with Gasteiger partial charge in [0.15, 0.2) is 12.2 Å². The molecule has 1 aromatic heterocycles. The molecule has 0 aliphatic carbocycles. The number of amides is 2. The predicted molar refractivity (Wildman–Crippen MR) is 165 cm³/mol. The summed E-state index contributed by atoms with van der Waals surface area (Å²) >= 11 is 8.03. The van der Waals surface area contributed by atoms with Crippen LogP contribution < -0.4 is 36.9 Å². The van der Waals surface area contributed by atoms with Crippen molar-refractivity contribution in [1.82, 2.24) is 0 Å². The van der Waals surface area contributed by atoms with E-state index in [2.05, 4.69) is 46.0 Å². The van der Waals surface area contributed by atoms with Crippen LogP contribution in [0.4, 0.5) is 16.2 Å². The van der Waals surface area contributed by atoms with E-state index >= 15 is 0 Å². The van der Waals surface area contributed by atoms with Crippen LogP contribution in [0.5, 0.6) is 5.75 Å². The maximum absolute atomic E-state index is 12.6. The number of aryl methyl sites for hydroxylation is 1. The fourth-order valence-corrected chi connectivity index (χ4v) is 5.52. The van der Waals surface area contributed by atoms with Gasteiger partial charge in [-0.15, -0.1) is 0 Å². The summed E-state index contributed by atoms with van der Waals surface area (Å²) in [6.45, 7) is 5.75. The van der Waals surface area contributed by atoms with Crippen LogP contribution in [0.15, 0.2) is 53.4 Å². The first-order chi connectivity index (χ1) is 19.0. The lowest BCUT2D eigenvalue weighted by Gasteiger charge is -2.12. The van der Waals surface area contributed by atoms with Gasteiger partial charge >= 0.3 is 6.03 Å². The highest BCUT2D eigenvalue weighted by atomic mass is 79.9. The van der Waals surface area contributed by atoms with Crippen molar-refractivity contribution in [3.63, 3.8) is 0 Å². The second kappa shape index (κ2) is 19.9. The molecule has 0 saturated carbocycles. The summed E-state index contributed by atoms with van der Waals surface area (Å²) < 4.78 is 8.13. The molecular formula is C32H45BrClN3O2S. The van der Waals surface area contributed by atoms with Crippen LogP contribution in [0.25, 0.3) is 0 Å². The van der Waals surface area contributed by atoms with Gasteiger partial charge < -0.3 is 32.4 Å². The lowest BCUT2D eigenvalue weighted by molar-refractivity contribution is -0.689. The summed E-state index contributed by atoms with van der Waals surface area (Å²) in [5, 5.41) is 8.49. The smallest absolute Gasteiger partial charge is 0.323 e. The minimum atomic E-state index is -0.305. The number of rotatable bonds is 18. The van der Waals surface area contributed by atoms with E-state index in [0.29, 0.717) is 23.1 Å². The third kappa shape index (κ3) is 13.0. The summed E-state index contributed by atoms with van der Waals surface area (Å²) in [6.07, 6.45) is 15.7. The van der Waals surface area contributed by atoms with Crippen LogP contribution in [-0.2, 0) is 6.54 Å². The number of carbonyl (C=O) groups is 1. The van der Waals surface area contributed by atoms with Crippen LogP contribution in [0.2, 0.25) is 5.02 Å². The molecule has 3 aromatic rings. The number of thiazole rings is 1. The first-order valence-electron chi connectivity index (χ1n) is 14.6. The molecule has 0 saturated heterocycles. The Morgan fingerprint density at radius 2 is 1.50 bits per heavy atom. The number of hydrogen-bond acceptors (Lipinski definition) is 3. The standard InChI is InChI=1S/C32H44ClN3O2S.BrH/c1-3-4-5-6-7-8-9-10-11-12-13-14-20-38-31-22-29(18-19-30(31)33)35-32(37)34-28-17-15-16-27(21-28)23-36-25-39-24-26(36)2;/h15-19,21-22,24-25H,3-14,20,23H2,1-2H3,(H-,34,35,37);1H. The number of anilines is 2. The maximum atomic E-state index is 12.6. The predicted octanol–water partition coefficient (Wildman–Crippen LogP) is 6.77. The van der Waals surface area contributed by atoms with Crippen molar-refractivity contribution in [3.05, 3.63) is 69.6 Å². The zero-order valence-corrected chi connectivity index (χ0v) is 27.2. The fraction of sp³-hybridized carbons (Fsp3) is 0.500. The summed E-state index contributed by atoms with van der Waals surface area (Å²) in [6, 6.07) is 12.9. The van der Waals surface area contributed by atoms with Crippen molar-refractivity contribution >= 4 is 40.3 Å². The molecule has 5 nitrogen and oxygen atoms in total. The molecule has 0 spiro atoms. The third-order valence-corrected chi connectivity index (χ3v) is 8.03. The highest BCUT2D eigenvalue weighted by Crippen LogP contribution is 2.28. The van der Waals surface area contributed by atoms with Gasteiger partial charge in [-0.25, -0.2) is 4.79 Å². The zero-order valence-electron chi connectivity index (χ0n) is 24.0. The molecule has 220 valence electrons. The summed E-state index contributed by atoms with van der Waals surface area (Å²) in [5.41, 5.74) is 5.83. The van der Waals surface area contributed by atoms with Gasteiger partial charge in [0.25, 0.3) is 0 Å². The van der Waals surface area contributed by atoms with Crippen LogP contribution in [0.1, 0.15) is 95.2 Å². The lowest BCUT2D eigenvalue weighted by atomic mass is 10.1. The summed E-state index contributed by atoms with van der Waals surface area (Å²) in [7, 11) is 0. The zero-order chi connectivity index (χ0) is 27.7. The number of unbranched alkanes of at least 4 members (excludes halogenated alkanes) is 11. The minimum Gasteiger partial charge on any atom is -1.00 e. The number of benzene rings is 2. The number of nitrogens with zero attached hydrogens (tertiary/aromatic N) is 1. The van der Waals surface area contributed by atoms with Crippen molar-refractivity contribution < 1.29 is 31.1 Å². The van der Waals surface area contributed by atoms with Crippen LogP contribution in [-0.4, -0.2) is 12.6 Å². The first-order valence-corrected chi connectivity index (χ1v) is 15.9. The number of nitrogens with one attached hydrogen (secondary N) is 2. The quantitative estimate of drug-likeness (QED) is 0.118. The molecular weight excluding hydrogens is 606 g/mol. The Morgan fingerprint density at radius 3 is 2.12 bits per heavy atom. The van der Waals surface area contributed by atoms with Gasteiger partial charge in [0.05, 0.1) is 17.0 Å². The highest BCUT2D eigenvalue weighted by Gasteiger charge is 2.11. The van der Waals surface area contributed by atoms with Gasteiger partial charge in [-0.3, -0.25) is 0 Å². The normalized spacial score (nSPS) is 10.7. The van der Waals surface area contributed by atoms with Gasteiger partial charge in [-0.1, -0.05) is 113 Å². The van der Waals surface area contributed by atoms with Crippen LogP contribution in [0, 0.1) is 6.92 Å². The van der Waals surface area contributed by atoms with Gasteiger partial charge in [-0.2, -0.15) is 4.57 Å². The monoisotopic (exact) mass is 649 g/mol. The van der Waals surface area contributed by atoms with E-state index in [4.69, 9.17) is 16.3 Å². The molecule has 0 unspecified atom stereocenters. The number of ether oxygens (including phenoxy) is 1. The SMILES string of the molecule is CCCCCCCCCCCCCCOc1cc(NC(=O)Nc2cccc(C[n+]3cscc3C)c2)ccc1Cl.[Br-]. The Hall–Kier alpha value is -2.09. The Kier molecular flexibility index (Phi) is 17.0. The van der Waals surface area contributed by atoms with Crippen LogP contribution in [0.3, 0.4) is 0 Å².